The molecule has 0 saturated heterocycles. The summed E-state index contributed by atoms with van der Waals surface area (Å²) < 4.78 is 28.8. The van der Waals surface area contributed by atoms with Gasteiger partial charge < -0.3 is 10.2 Å². The zero-order valence-corrected chi connectivity index (χ0v) is 27.1. The van der Waals surface area contributed by atoms with E-state index in [-0.39, 0.29) is 27.2 Å². The van der Waals surface area contributed by atoms with Gasteiger partial charge in [0.2, 0.25) is 11.8 Å². The standard InChI is InChI=1S/C29H31Cl4N3O4S/c1-18-6-11-23(12-7-18)41(39,40)36(26-15-22(31)10-13-24(26)32)17-27(37)35(19(2)28(38)34-29(3,4)5)16-20-8-9-21(30)14-25(20)33/h6-15,19H,16-17H2,1-5H3,(H,34,38). The summed E-state index contributed by atoms with van der Waals surface area (Å²) in [4.78, 5) is 28.5. The lowest BCUT2D eigenvalue weighted by molar-refractivity contribution is -0.140. The van der Waals surface area contributed by atoms with Gasteiger partial charge in [-0.15, -0.1) is 0 Å². The molecule has 3 rings (SSSR count). The summed E-state index contributed by atoms with van der Waals surface area (Å²) in [6, 6.07) is 14.3. The Morgan fingerprint density at radius 3 is 2.05 bits per heavy atom. The summed E-state index contributed by atoms with van der Waals surface area (Å²) in [6.07, 6.45) is 0. The number of amides is 2. The number of rotatable bonds is 9. The van der Waals surface area contributed by atoms with Crippen molar-refractivity contribution in [3.05, 3.63) is 91.9 Å². The van der Waals surface area contributed by atoms with Crippen LogP contribution in [0.25, 0.3) is 0 Å². The third-order valence-electron chi connectivity index (χ3n) is 6.09. The highest BCUT2D eigenvalue weighted by molar-refractivity contribution is 7.92. The summed E-state index contributed by atoms with van der Waals surface area (Å²) in [6.45, 7) is 8.08. The fraction of sp³-hybridized carbons (Fsp3) is 0.310. The first-order valence-electron chi connectivity index (χ1n) is 12.6. The Morgan fingerprint density at radius 1 is 0.878 bits per heavy atom. The number of aryl methyl sites for hydroxylation is 1. The van der Waals surface area contributed by atoms with E-state index in [4.69, 9.17) is 46.4 Å². The van der Waals surface area contributed by atoms with E-state index >= 15 is 0 Å². The average Bonchev–Trinajstić information content (AvgIpc) is 2.87. The molecule has 0 heterocycles. The topological polar surface area (TPSA) is 86.8 Å². The SMILES string of the molecule is Cc1ccc(S(=O)(=O)N(CC(=O)N(Cc2ccc(Cl)cc2Cl)C(C)C(=O)NC(C)(C)C)c2cc(Cl)ccc2Cl)cc1. The molecule has 0 aliphatic carbocycles. The molecule has 0 radical (unpaired) electrons. The zero-order valence-electron chi connectivity index (χ0n) is 23.2. The first-order chi connectivity index (χ1) is 19.0. The lowest BCUT2D eigenvalue weighted by Crippen LogP contribution is -2.54. The van der Waals surface area contributed by atoms with Gasteiger partial charge in [0, 0.05) is 27.2 Å². The third kappa shape index (κ3) is 8.52. The van der Waals surface area contributed by atoms with E-state index in [1.165, 1.54) is 41.3 Å². The Morgan fingerprint density at radius 2 is 1.46 bits per heavy atom. The van der Waals surface area contributed by atoms with Gasteiger partial charge in [0.25, 0.3) is 10.0 Å². The van der Waals surface area contributed by atoms with E-state index in [0.29, 0.717) is 15.6 Å². The molecular formula is C29H31Cl4N3O4S. The first kappa shape index (κ1) is 33.0. The molecule has 0 spiro atoms. The number of benzene rings is 3. The molecule has 1 unspecified atom stereocenters. The smallest absolute Gasteiger partial charge is 0.264 e. The predicted molar refractivity (Wildman–Crippen MR) is 167 cm³/mol. The molecule has 2 amide bonds. The Balaban J connectivity index is 2.10. The largest absolute Gasteiger partial charge is 0.350 e. The second kappa shape index (κ2) is 13.2. The van der Waals surface area contributed by atoms with Crippen molar-refractivity contribution in [2.45, 2.75) is 57.6 Å². The molecule has 0 aliphatic heterocycles. The number of carbonyl (C=O) groups excluding carboxylic acids is 2. The molecular weight excluding hydrogens is 628 g/mol. The second-order valence-corrected chi connectivity index (χ2v) is 14.1. The van der Waals surface area contributed by atoms with Crippen molar-refractivity contribution in [1.29, 1.82) is 0 Å². The van der Waals surface area contributed by atoms with Crippen LogP contribution in [0, 0.1) is 6.92 Å². The van der Waals surface area contributed by atoms with Gasteiger partial charge in [-0.25, -0.2) is 8.42 Å². The molecule has 3 aromatic carbocycles. The molecule has 7 nitrogen and oxygen atoms in total. The molecule has 3 aromatic rings. The average molecular weight is 659 g/mol. The Hall–Kier alpha value is -2.49. The number of carbonyl (C=O) groups is 2. The second-order valence-electron chi connectivity index (χ2n) is 10.6. The highest BCUT2D eigenvalue weighted by atomic mass is 35.5. The van der Waals surface area contributed by atoms with Crippen LogP contribution in [0.4, 0.5) is 5.69 Å². The summed E-state index contributed by atoms with van der Waals surface area (Å²) in [5.74, 6) is -1.09. The summed E-state index contributed by atoms with van der Waals surface area (Å²) in [5.41, 5.74) is 0.822. The van der Waals surface area contributed by atoms with Crippen LogP contribution in [0.15, 0.2) is 65.6 Å². The summed E-state index contributed by atoms with van der Waals surface area (Å²) in [7, 11) is -4.30. The molecule has 1 N–H and O–H groups in total. The Kier molecular flexibility index (Phi) is 10.6. The van der Waals surface area contributed by atoms with Crippen LogP contribution in [0.3, 0.4) is 0 Å². The van der Waals surface area contributed by atoms with E-state index in [0.717, 1.165) is 9.87 Å². The van der Waals surface area contributed by atoms with Crippen molar-refractivity contribution >= 4 is 73.9 Å². The fourth-order valence-corrected chi connectivity index (χ4v) is 6.25. The van der Waals surface area contributed by atoms with Crippen molar-refractivity contribution in [2.75, 3.05) is 10.8 Å². The molecule has 41 heavy (non-hydrogen) atoms. The molecule has 0 aromatic heterocycles. The number of halogens is 4. The normalized spacial score (nSPS) is 12.5. The number of hydrogen-bond acceptors (Lipinski definition) is 4. The molecule has 0 saturated carbocycles. The molecule has 12 heteroatoms. The van der Waals surface area contributed by atoms with Gasteiger partial charge in [0.1, 0.15) is 12.6 Å². The van der Waals surface area contributed by atoms with Crippen LogP contribution < -0.4 is 9.62 Å². The van der Waals surface area contributed by atoms with Crippen molar-refractivity contribution < 1.29 is 18.0 Å². The Bertz CT molecular complexity index is 1540. The number of hydrogen-bond donors (Lipinski definition) is 1. The van der Waals surface area contributed by atoms with Crippen molar-refractivity contribution in [1.82, 2.24) is 10.2 Å². The van der Waals surface area contributed by atoms with E-state index in [2.05, 4.69) is 5.32 Å². The van der Waals surface area contributed by atoms with E-state index in [1.807, 2.05) is 27.7 Å². The lowest BCUT2D eigenvalue weighted by Gasteiger charge is -2.34. The van der Waals surface area contributed by atoms with Gasteiger partial charge in [-0.05, 0) is 82.6 Å². The van der Waals surface area contributed by atoms with Crippen LogP contribution >= 0.6 is 46.4 Å². The Labute approximate surface area is 261 Å². The molecule has 0 fully saturated rings. The van der Waals surface area contributed by atoms with Gasteiger partial charge in [-0.3, -0.25) is 13.9 Å². The molecule has 1 atom stereocenters. The van der Waals surface area contributed by atoms with Crippen molar-refractivity contribution in [2.24, 2.45) is 0 Å². The highest BCUT2D eigenvalue weighted by Crippen LogP contribution is 2.33. The maximum atomic E-state index is 14.0. The quantitative estimate of drug-likeness (QED) is 0.265. The lowest BCUT2D eigenvalue weighted by atomic mass is 10.1. The van der Waals surface area contributed by atoms with Crippen LogP contribution in [0.2, 0.25) is 20.1 Å². The minimum atomic E-state index is -4.30. The third-order valence-corrected chi connectivity index (χ3v) is 9.00. The number of nitrogens with zero attached hydrogens (tertiary/aromatic N) is 2. The van der Waals surface area contributed by atoms with Gasteiger partial charge in [-0.2, -0.15) is 0 Å². The molecule has 220 valence electrons. The maximum absolute atomic E-state index is 14.0. The summed E-state index contributed by atoms with van der Waals surface area (Å²) >= 11 is 25.1. The van der Waals surface area contributed by atoms with Crippen LogP contribution in [0.1, 0.15) is 38.8 Å². The number of sulfonamides is 1. The summed E-state index contributed by atoms with van der Waals surface area (Å²) in [5, 5.41) is 3.86. The molecule has 0 aliphatic rings. The van der Waals surface area contributed by atoms with E-state index in [9.17, 15) is 18.0 Å². The van der Waals surface area contributed by atoms with E-state index in [1.54, 1.807) is 31.2 Å². The highest BCUT2D eigenvalue weighted by Gasteiger charge is 2.34. The fourth-order valence-electron chi connectivity index (χ4n) is 3.92. The van der Waals surface area contributed by atoms with Gasteiger partial charge >= 0.3 is 0 Å². The van der Waals surface area contributed by atoms with E-state index < -0.39 is 40.0 Å². The maximum Gasteiger partial charge on any atom is 0.264 e. The zero-order chi connectivity index (χ0) is 30.7. The van der Waals surface area contributed by atoms with Crippen molar-refractivity contribution in [3.8, 4) is 0 Å². The van der Waals surface area contributed by atoms with Crippen LogP contribution in [-0.2, 0) is 26.2 Å². The van der Waals surface area contributed by atoms with Gasteiger partial charge in [0.15, 0.2) is 0 Å². The minimum Gasteiger partial charge on any atom is -0.350 e. The molecule has 0 bridgehead atoms. The predicted octanol–water partition coefficient (Wildman–Crippen LogP) is 7.14. The number of anilines is 1. The van der Waals surface area contributed by atoms with Crippen molar-refractivity contribution in [3.63, 3.8) is 0 Å². The minimum absolute atomic E-state index is 0.0179. The monoisotopic (exact) mass is 657 g/mol. The van der Waals surface area contributed by atoms with Crippen LogP contribution in [0.5, 0.6) is 0 Å². The van der Waals surface area contributed by atoms with Gasteiger partial charge in [0.05, 0.1) is 15.6 Å². The van der Waals surface area contributed by atoms with Gasteiger partial charge in [-0.1, -0.05) is 70.2 Å². The number of nitrogens with one attached hydrogen (secondary N) is 1. The van der Waals surface area contributed by atoms with Crippen LogP contribution in [-0.4, -0.2) is 43.3 Å². The first-order valence-corrected chi connectivity index (χ1v) is 15.5.